The van der Waals surface area contributed by atoms with Crippen LogP contribution in [0.2, 0.25) is 0 Å². The van der Waals surface area contributed by atoms with E-state index in [0.717, 1.165) is 0 Å². The van der Waals surface area contributed by atoms with E-state index in [4.69, 9.17) is 9.47 Å². The number of hydrogen-bond donors (Lipinski definition) is 2. The molecular weight excluding hydrogens is 300 g/mol. The average molecular weight is 320 g/mol. The van der Waals surface area contributed by atoms with Crippen LogP contribution in [0.15, 0.2) is 30.3 Å². The summed E-state index contributed by atoms with van der Waals surface area (Å²) in [6.07, 6.45) is 0.703. The minimum atomic E-state index is -1.35. The van der Waals surface area contributed by atoms with Crippen molar-refractivity contribution in [2.75, 3.05) is 13.7 Å². The number of para-hydroxylation sites is 1. The van der Waals surface area contributed by atoms with E-state index in [-0.39, 0.29) is 12.5 Å². The van der Waals surface area contributed by atoms with Gasteiger partial charge in [-0.05, 0) is 25.5 Å². The summed E-state index contributed by atoms with van der Waals surface area (Å²) in [4.78, 5) is 35.5. The van der Waals surface area contributed by atoms with Crippen molar-refractivity contribution >= 4 is 17.8 Å². The maximum Gasteiger partial charge on any atom is 0.334 e. The van der Waals surface area contributed by atoms with E-state index >= 15 is 0 Å². The first kappa shape index (κ1) is 16.8. The molecule has 0 aromatic heterocycles. The van der Waals surface area contributed by atoms with E-state index in [2.05, 4.69) is 10.6 Å². The standard InChI is InChI=1S/C16H20N2O5/c1-16(15(21)22-2,10-23-11-6-4-3-5-7-11)18-14(20)12-8-9-13(19)17-12/h3-7,12H,8-10H2,1-2H3,(H,17,19)(H,18,20)/t12-,16+/m1/s1. The number of nitrogens with one attached hydrogen (secondary N) is 2. The molecule has 0 aliphatic carbocycles. The normalized spacial score (nSPS) is 19.4. The fourth-order valence-corrected chi connectivity index (χ4v) is 2.29. The number of amides is 2. The van der Waals surface area contributed by atoms with Crippen LogP contribution in [-0.4, -0.2) is 43.1 Å². The van der Waals surface area contributed by atoms with Crippen LogP contribution < -0.4 is 15.4 Å². The second-order valence-electron chi connectivity index (χ2n) is 5.57. The van der Waals surface area contributed by atoms with Crippen molar-refractivity contribution in [3.63, 3.8) is 0 Å². The molecule has 2 atom stereocenters. The van der Waals surface area contributed by atoms with E-state index < -0.39 is 23.5 Å². The molecule has 1 aromatic rings. The Morgan fingerprint density at radius 3 is 2.61 bits per heavy atom. The molecular formula is C16H20N2O5. The van der Waals surface area contributed by atoms with Crippen molar-refractivity contribution in [2.24, 2.45) is 0 Å². The molecule has 23 heavy (non-hydrogen) atoms. The molecule has 1 aliphatic heterocycles. The third-order valence-corrected chi connectivity index (χ3v) is 3.62. The summed E-state index contributed by atoms with van der Waals surface area (Å²) >= 11 is 0. The van der Waals surface area contributed by atoms with Gasteiger partial charge in [-0.2, -0.15) is 0 Å². The summed E-state index contributed by atoms with van der Waals surface area (Å²) in [5.74, 6) is -0.650. The van der Waals surface area contributed by atoms with Crippen molar-refractivity contribution in [2.45, 2.75) is 31.3 Å². The van der Waals surface area contributed by atoms with E-state index in [0.29, 0.717) is 18.6 Å². The van der Waals surface area contributed by atoms with Gasteiger partial charge >= 0.3 is 5.97 Å². The topological polar surface area (TPSA) is 93.7 Å². The van der Waals surface area contributed by atoms with E-state index in [1.807, 2.05) is 6.07 Å². The van der Waals surface area contributed by atoms with Crippen LogP contribution in [0, 0.1) is 0 Å². The number of ether oxygens (including phenoxy) is 2. The van der Waals surface area contributed by atoms with Gasteiger partial charge in [0.2, 0.25) is 11.8 Å². The molecule has 1 heterocycles. The fraction of sp³-hybridized carbons (Fsp3) is 0.438. The summed E-state index contributed by atoms with van der Waals surface area (Å²) in [5, 5.41) is 5.19. The number of hydrogen-bond acceptors (Lipinski definition) is 5. The number of carbonyl (C=O) groups excluding carboxylic acids is 3. The Morgan fingerprint density at radius 2 is 2.04 bits per heavy atom. The highest BCUT2D eigenvalue weighted by Gasteiger charge is 2.40. The lowest BCUT2D eigenvalue weighted by atomic mass is 10.0. The van der Waals surface area contributed by atoms with Crippen molar-refractivity contribution in [3.8, 4) is 5.75 Å². The van der Waals surface area contributed by atoms with Crippen LogP contribution in [0.3, 0.4) is 0 Å². The lowest BCUT2D eigenvalue weighted by Gasteiger charge is -2.29. The van der Waals surface area contributed by atoms with E-state index in [9.17, 15) is 14.4 Å². The molecule has 2 N–H and O–H groups in total. The number of carbonyl (C=O) groups is 3. The van der Waals surface area contributed by atoms with Gasteiger partial charge in [0.15, 0.2) is 5.54 Å². The zero-order valence-corrected chi connectivity index (χ0v) is 13.1. The van der Waals surface area contributed by atoms with Crippen LogP contribution in [0.5, 0.6) is 5.75 Å². The van der Waals surface area contributed by atoms with E-state index in [1.165, 1.54) is 14.0 Å². The molecule has 2 rings (SSSR count). The van der Waals surface area contributed by atoms with Crippen molar-refractivity contribution < 1.29 is 23.9 Å². The Balaban J connectivity index is 2.04. The monoisotopic (exact) mass is 320 g/mol. The third-order valence-electron chi connectivity index (χ3n) is 3.62. The Hall–Kier alpha value is -2.57. The van der Waals surface area contributed by atoms with Crippen LogP contribution in [0.4, 0.5) is 0 Å². The summed E-state index contributed by atoms with van der Waals surface area (Å²) in [5.41, 5.74) is -1.35. The number of benzene rings is 1. The molecule has 1 aromatic carbocycles. The van der Waals surface area contributed by atoms with Crippen LogP contribution in [0.1, 0.15) is 19.8 Å². The van der Waals surface area contributed by atoms with Gasteiger partial charge in [-0.15, -0.1) is 0 Å². The second-order valence-corrected chi connectivity index (χ2v) is 5.57. The van der Waals surface area contributed by atoms with Crippen molar-refractivity contribution in [1.29, 1.82) is 0 Å². The Bertz CT molecular complexity index is 589. The SMILES string of the molecule is COC(=O)[C@](C)(COc1ccccc1)NC(=O)[C@H]1CCC(=O)N1. The minimum Gasteiger partial charge on any atom is -0.491 e. The van der Waals surface area contributed by atoms with Crippen LogP contribution in [-0.2, 0) is 19.1 Å². The minimum absolute atomic E-state index is 0.0872. The Labute approximate surface area is 134 Å². The van der Waals surface area contributed by atoms with Crippen molar-refractivity contribution in [3.05, 3.63) is 30.3 Å². The van der Waals surface area contributed by atoms with Gasteiger partial charge < -0.3 is 20.1 Å². The molecule has 124 valence electrons. The van der Waals surface area contributed by atoms with Gasteiger partial charge in [0.1, 0.15) is 18.4 Å². The fourth-order valence-electron chi connectivity index (χ4n) is 2.29. The highest BCUT2D eigenvalue weighted by Crippen LogP contribution is 2.15. The van der Waals surface area contributed by atoms with Gasteiger partial charge in [0.25, 0.3) is 0 Å². The Kier molecular flexibility index (Phi) is 5.20. The van der Waals surface area contributed by atoms with Crippen molar-refractivity contribution in [1.82, 2.24) is 10.6 Å². The first-order chi connectivity index (χ1) is 10.9. The lowest BCUT2D eigenvalue weighted by molar-refractivity contribution is -0.151. The number of rotatable bonds is 6. The summed E-state index contributed by atoms with van der Waals surface area (Å²) in [7, 11) is 1.24. The highest BCUT2D eigenvalue weighted by molar-refractivity contribution is 5.94. The molecule has 1 fully saturated rings. The summed E-state index contributed by atoms with van der Waals surface area (Å²) in [6.45, 7) is 1.44. The summed E-state index contributed by atoms with van der Waals surface area (Å²) in [6, 6.07) is 8.31. The molecule has 7 nitrogen and oxygen atoms in total. The molecule has 0 bridgehead atoms. The average Bonchev–Trinajstić information content (AvgIpc) is 3.00. The quantitative estimate of drug-likeness (QED) is 0.740. The molecule has 7 heteroatoms. The maximum atomic E-state index is 12.2. The molecule has 1 aliphatic rings. The second kappa shape index (κ2) is 7.13. The van der Waals surface area contributed by atoms with Gasteiger partial charge in [-0.1, -0.05) is 18.2 Å². The van der Waals surface area contributed by atoms with E-state index in [1.54, 1.807) is 24.3 Å². The van der Waals surface area contributed by atoms with Gasteiger partial charge in [-0.25, -0.2) is 4.79 Å². The van der Waals surface area contributed by atoms with Crippen LogP contribution in [0.25, 0.3) is 0 Å². The summed E-state index contributed by atoms with van der Waals surface area (Å²) < 4.78 is 10.3. The molecule has 0 spiro atoms. The third kappa shape index (κ3) is 4.21. The first-order valence-electron chi connectivity index (χ1n) is 7.32. The lowest BCUT2D eigenvalue weighted by Crippen LogP contribution is -2.59. The first-order valence-corrected chi connectivity index (χ1v) is 7.32. The smallest absolute Gasteiger partial charge is 0.334 e. The number of methoxy groups -OCH3 is 1. The molecule has 0 unspecified atom stereocenters. The molecule has 0 saturated carbocycles. The predicted octanol–water partition coefficient (Wildman–Crippen LogP) is 0.392. The van der Waals surface area contributed by atoms with Crippen LogP contribution >= 0.6 is 0 Å². The Morgan fingerprint density at radius 1 is 1.35 bits per heavy atom. The van der Waals surface area contributed by atoms with Gasteiger partial charge in [-0.3, -0.25) is 9.59 Å². The largest absolute Gasteiger partial charge is 0.491 e. The highest BCUT2D eigenvalue weighted by atomic mass is 16.5. The predicted molar refractivity (Wildman–Crippen MR) is 81.7 cm³/mol. The van der Waals surface area contributed by atoms with Gasteiger partial charge in [0, 0.05) is 6.42 Å². The zero-order chi connectivity index (χ0) is 16.9. The van der Waals surface area contributed by atoms with Gasteiger partial charge in [0.05, 0.1) is 7.11 Å². The zero-order valence-electron chi connectivity index (χ0n) is 13.1. The molecule has 2 amide bonds. The maximum absolute atomic E-state index is 12.2. The molecule has 0 radical (unpaired) electrons. The molecule has 1 saturated heterocycles. The number of esters is 1.